The van der Waals surface area contributed by atoms with Crippen LogP contribution in [0, 0.1) is 23.2 Å². The lowest BCUT2D eigenvalue weighted by atomic mass is 9.49. The van der Waals surface area contributed by atoms with Gasteiger partial charge in [0.2, 0.25) is 0 Å². The van der Waals surface area contributed by atoms with Crippen molar-refractivity contribution in [3.8, 4) is 0 Å². The van der Waals surface area contributed by atoms with Crippen molar-refractivity contribution < 1.29 is 62.9 Å². The molecule has 5 rings (SSSR count). The Morgan fingerprint density at radius 3 is 2.41 bits per heavy atom. The summed E-state index contributed by atoms with van der Waals surface area (Å²) in [7, 11) is 0. The predicted octanol–water partition coefficient (Wildman–Crippen LogP) is 0.369. The van der Waals surface area contributed by atoms with Crippen LogP contribution in [0.15, 0.2) is 23.0 Å². The number of furan rings is 1. The van der Waals surface area contributed by atoms with Gasteiger partial charge >= 0.3 is 17.9 Å². The van der Waals surface area contributed by atoms with Crippen LogP contribution in [0.2, 0.25) is 0 Å². The highest BCUT2D eigenvalue weighted by molar-refractivity contribution is 5.75. The molecule has 2 aliphatic heterocycles. The van der Waals surface area contributed by atoms with Gasteiger partial charge in [-0.1, -0.05) is 6.92 Å². The number of hydrogen-bond acceptors (Lipinski definition) is 13. The molecule has 0 unspecified atom stereocenters. The highest BCUT2D eigenvalue weighted by Crippen LogP contribution is 2.61. The Hall–Kier alpha value is -2.55. The Morgan fingerprint density at radius 1 is 1.05 bits per heavy atom. The second-order valence-electron chi connectivity index (χ2n) is 11.8. The average Bonchev–Trinajstić information content (AvgIpc) is 3.45. The lowest BCUT2D eigenvalue weighted by Gasteiger charge is -2.59. The summed E-state index contributed by atoms with van der Waals surface area (Å²) in [6.45, 7) is 3.83. The maximum atomic E-state index is 13.4. The zero-order valence-corrected chi connectivity index (χ0v) is 23.2. The van der Waals surface area contributed by atoms with Crippen LogP contribution in [-0.2, 0) is 38.1 Å². The first-order valence-corrected chi connectivity index (χ1v) is 14.0. The molecule has 0 amide bonds. The van der Waals surface area contributed by atoms with E-state index < -0.39 is 90.9 Å². The van der Waals surface area contributed by atoms with Gasteiger partial charge in [-0.2, -0.15) is 0 Å². The number of carbonyl (C=O) groups excluding carboxylic acids is 3. The second kappa shape index (κ2) is 11.6. The molecule has 0 radical (unpaired) electrons. The normalized spacial score (nSPS) is 44.2. The van der Waals surface area contributed by atoms with Crippen LogP contribution in [-0.4, -0.2) is 94.0 Å². The number of ether oxygens (including phenoxy) is 5. The van der Waals surface area contributed by atoms with E-state index in [0.717, 1.165) is 0 Å². The van der Waals surface area contributed by atoms with Gasteiger partial charge in [-0.15, -0.1) is 0 Å². The summed E-state index contributed by atoms with van der Waals surface area (Å²) in [6, 6.07) is 1.72. The Kier molecular flexibility index (Phi) is 8.48. The van der Waals surface area contributed by atoms with Gasteiger partial charge in [0.05, 0.1) is 31.2 Å². The van der Waals surface area contributed by atoms with Crippen LogP contribution < -0.4 is 0 Å². The van der Waals surface area contributed by atoms with Crippen molar-refractivity contribution >= 4 is 17.9 Å². The molecule has 0 aromatic carbocycles. The maximum Gasteiger partial charge on any atom is 0.310 e. The molecule has 1 aromatic rings. The SMILES string of the molecule is CC(=O)O[C@H]1[C@@H]2[C@H](CC[C@H]3C(=O)O[C@H](c4ccoc4)C[C@]23C)[C@@H](O[C@H]2O[C@H](CO)[C@@H](O)[C@H](O)[C@H]2O)C[C@H]1OC(C)=O. The van der Waals surface area contributed by atoms with Crippen molar-refractivity contribution in [1.29, 1.82) is 0 Å². The predicted molar refractivity (Wildman–Crippen MR) is 134 cm³/mol. The topological polar surface area (TPSA) is 191 Å². The van der Waals surface area contributed by atoms with Crippen LogP contribution in [0.3, 0.4) is 0 Å². The fraction of sp³-hybridized carbons (Fsp3) is 0.750. The number of rotatable bonds is 6. The monoisotopic (exact) mass is 582 g/mol. The third-order valence-corrected chi connectivity index (χ3v) is 9.33. The minimum Gasteiger partial charge on any atom is -0.472 e. The molecule has 13 atom stereocenters. The second-order valence-corrected chi connectivity index (χ2v) is 11.8. The van der Waals surface area contributed by atoms with Gasteiger partial charge in [0.15, 0.2) is 6.29 Å². The van der Waals surface area contributed by atoms with Gasteiger partial charge < -0.3 is 48.5 Å². The average molecular weight is 583 g/mol. The standard InChI is InChI=1S/C28H38O13/c1-12(30)37-18-8-17(40-27-24(34)23(33)22(32)20(10-29)41-27)15-4-5-16-26(35)39-19(14-6-7-36-11-14)9-28(16,3)21(15)25(18)38-13(2)31/h6-7,11,15-25,27,29,32-34H,4-5,8-10H2,1-3H3/t15-,16+,17+,18-,19+,20-,21+,22-,23+,24-,25-,27+,28+/m1/s1. The number of aliphatic hydroxyl groups excluding tert-OH is 4. The molecule has 41 heavy (non-hydrogen) atoms. The van der Waals surface area contributed by atoms with Gasteiger partial charge in [-0.25, -0.2) is 0 Å². The quantitative estimate of drug-likeness (QED) is 0.266. The van der Waals surface area contributed by atoms with Gasteiger partial charge in [-0.3, -0.25) is 14.4 Å². The number of fused-ring (bicyclic) bond motifs is 3. The first-order valence-electron chi connectivity index (χ1n) is 14.0. The van der Waals surface area contributed by atoms with Gasteiger partial charge in [0.25, 0.3) is 0 Å². The fourth-order valence-electron chi connectivity index (χ4n) is 7.55. The summed E-state index contributed by atoms with van der Waals surface area (Å²) < 4.78 is 34.4. The van der Waals surface area contributed by atoms with E-state index in [1.54, 1.807) is 6.07 Å². The Labute approximate surface area is 236 Å². The number of cyclic esters (lactones) is 1. The van der Waals surface area contributed by atoms with Crippen molar-refractivity contribution in [2.45, 2.75) is 102 Å². The molecule has 4 N–H and O–H groups in total. The molecule has 13 nitrogen and oxygen atoms in total. The Morgan fingerprint density at radius 2 is 1.78 bits per heavy atom. The highest BCUT2D eigenvalue weighted by atomic mass is 16.7. The van der Waals surface area contributed by atoms with Crippen molar-refractivity contribution in [2.24, 2.45) is 23.2 Å². The molecule has 3 heterocycles. The third-order valence-electron chi connectivity index (χ3n) is 9.33. The molecule has 4 aliphatic rings. The Bertz CT molecular complexity index is 1100. The van der Waals surface area contributed by atoms with Gasteiger partial charge in [0.1, 0.15) is 42.7 Å². The van der Waals surface area contributed by atoms with Crippen molar-refractivity contribution in [1.82, 2.24) is 0 Å². The van der Waals surface area contributed by atoms with E-state index in [0.29, 0.717) is 24.8 Å². The van der Waals surface area contributed by atoms with E-state index in [1.807, 2.05) is 6.92 Å². The number of hydrogen-bond donors (Lipinski definition) is 4. The summed E-state index contributed by atoms with van der Waals surface area (Å²) in [5.41, 5.74) is -0.110. The highest BCUT2D eigenvalue weighted by Gasteiger charge is 2.64. The third kappa shape index (κ3) is 5.51. The molecule has 0 spiro atoms. The van der Waals surface area contributed by atoms with Crippen molar-refractivity contribution in [3.63, 3.8) is 0 Å². The molecule has 1 aromatic heterocycles. The maximum absolute atomic E-state index is 13.4. The molecule has 4 fully saturated rings. The first kappa shape index (κ1) is 29.9. The molecule has 0 bridgehead atoms. The summed E-state index contributed by atoms with van der Waals surface area (Å²) in [5, 5.41) is 40.9. The molecular formula is C28H38O13. The largest absolute Gasteiger partial charge is 0.472 e. The van der Waals surface area contributed by atoms with E-state index in [1.165, 1.54) is 26.4 Å². The molecule has 2 saturated heterocycles. The Balaban J connectivity index is 1.52. The molecular weight excluding hydrogens is 544 g/mol. The fourth-order valence-corrected chi connectivity index (χ4v) is 7.55. The van der Waals surface area contributed by atoms with E-state index in [-0.39, 0.29) is 18.3 Å². The van der Waals surface area contributed by atoms with Crippen LogP contribution in [0.1, 0.15) is 58.1 Å². The first-order chi connectivity index (χ1) is 19.4. The van der Waals surface area contributed by atoms with E-state index in [9.17, 15) is 34.8 Å². The van der Waals surface area contributed by atoms with Crippen molar-refractivity contribution in [2.75, 3.05) is 6.61 Å². The van der Waals surface area contributed by atoms with Crippen LogP contribution in [0.25, 0.3) is 0 Å². The summed E-state index contributed by atoms with van der Waals surface area (Å²) in [5.74, 6) is -2.99. The van der Waals surface area contributed by atoms with Gasteiger partial charge in [-0.05, 0) is 36.7 Å². The zero-order chi connectivity index (χ0) is 29.6. The summed E-state index contributed by atoms with van der Waals surface area (Å²) in [4.78, 5) is 37.9. The molecule has 228 valence electrons. The lowest BCUT2D eigenvalue weighted by molar-refractivity contribution is -0.328. The molecule has 2 aliphatic carbocycles. The smallest absolute Gasteiger partial charge is 0.310 e. The van der Waals surface area contributed by atoms with Crippen LogP contribution in [0.4, 0.5) is 0 Å². The number of carbonyl (C=O) groups is 3. The number of esters is 3. The lowest BCUT2D eigenvalue weighted by Crippen LogP contribution is -2.65. The van der Waals surface area contributed by atoms with Gasteiger partial charge in [0, 0.05) is 31.7 Å². The molecule has 2 saturated carbocycles. The molecule has 13 heteroatoms. The van der Waals surface area contributed by atoms with E-state index >= 15 is 0 Å². The van der Waals surface area contributed by atoms with E-state index in [2.05, 4.69) is 0 Å². The van der Waals surface area contributed by atoms with Crippen LogP contribution >= 0.6 is 0 Å². The summed E-state index contributed by atoms with van der Waals surface area (Å²) in [6.07, 6.45) is -6.25. The minimum absolute atomic E-state index is 0.0735. The van der Waals surface area contributed by atoms with Crippen molar-refractivity contribution in [3.05, 3.63) is 24.2 Å². The number of aliphatic hydroxyl groups is 4. The zero-order valence-electron chi connectivity index (χ0n) is 23.2. The van der Waals surface area contributed by atoms with Crippen LogP contribution in [0.5, 0.6) is 0 Å². The summed E-state index contributed by atoms with van der Waals surface area (Å²) >= 11 is 0. The minimum atomic E-state index is -1.64. The van der Waals surface area contributed by atoms with E-state index in [4.69, 9.17) is 28.1 Å².